The Bertz CT molecular complexity index is 2630. The summed E-state index contributed by atoms with van der Waals surface area (Å²) in [6.45, 7) is 7.59. The van der Waals surface area contributed by atoms with Crippen LogP contribution in [0.2, 0.25) is 5.02 Å². The van der Waals surface area contributed by atoms with E-state index in [0.717, 1.165) is 68.0 Å². The monoisotopic (exact) mass is 986 g/mol. The molecule has 2 saturated heterocycles. The van der Waals surface area contributed by atoms with Gasteiger partial charge in [0.25, 0.3) is 19.9 Å². The summed E-state index contributed by atoms with van der Waals surface area (Å²) in [6, 6.07) is 28.4. The molecule has 8 rings (SSSR count). The zero-order valence-electron chi connectivity index (χ0n) is 36.4. The fraction of sp³-hybridized carbons (Fsp3) is 0.435. The van der Waals surface area contributed by atoms with E-state index in [-0.39, 0.29) is 11.6 Å². The lowest BCUT2D eigenvalue weighted by molar-refractivity contribution is -0.0435. The molecule has 13 nitrogen and oxygen atoms in total. The van der Waals surface area contributed by atoms with Crippen molar-refractivity contribution in [3.8, 4) is 11.1 Å². The van der Waals surface area contributed by atoms with E-state index in [4.69, 9.17) is 16.3 Å². The number of hydrogen-bond acceptors (Lipinski definition) is 12. The first-order chi connectivity index (χ1) is 31.7. The summed E-state index contributed by atoms with van der Waals surface area (Å²) < 4.78 is 107. The standard InChI is InChI=1S/C46H54ClF3N8O5S3/c47-36-14-12-34(13-15-36)41-10-5-4-7-35(41)32-56-23-19-38(20-24-56)57-21-6-11-44-52-53-45(58(44)26-25-57)54-66(61,62)40-16-17-42(43(31-40)65(59,60)46(48,49)50)51-37(18-22-55-27-29-63-30-28-55)33-64-39-8-2-1-3-9-39/h1-5,7-10,12-17,31,37-38,51H,6,11,18-30,32-33H2,(H,53,54). The van der Waals surface area contributed by atoms with Crippen LogP contribution in [0.25, 0.3) is 11.1 Å². The number of nitrogens with zero attached hydrogens (tertiary/aromatic N) is 6. The molecule has 1 atom stereocenters. The third-order valence-corrected chi connectivity index (χ3v) is 16.7. The van der Waals surface area contributed by atoms with Crippen LogP contribution in [0.1, 0.15) is 37.1 Å². The van der Waals surface area contributed by atoms with Crippen molar-refractivity contribution in [1.82, 2.24) is 29.5 Å². The molecule has 0 aliphatic carbocycles. The number of hydrogen-bond donors (Lipinski definition) is 2. The number of piperidine rings is 1. The van der Waals surface area contributed by atoms with Gasteiger partial charge in [-0.1, -0.05) is 66.2 Å². The minimum atomic E-state index is -6.01. The lowest BCUT2D eigenvalue weighted by atomic mass is 9.97. The van der Waals surface area contributed by atoms with Crippen molar-refractivity contribution >= 4 is 54.9 Å². The molecule has 2 N–H and O–H groups in total. The number of thioether (sulfide) groups is 1. The number of ether oxygens (including phenoxy) is 1. The molecule has 5 aromatic rings. The van der Waals surface area contributed by atoms with Crippen molar-refractivity contribution < 1.29 is 34.7 Å². The number of aromatic nitrogens is 3. The summed E-state index contributed by atoms with van der Waals surface area (Å²) in [7, 11) is -10.7. The minimum Gasteiger partial charge on any atom is -0.380 e. The van der Waals surface area contributed by atoms with Gasteiger partial charge in [0.05, 0.1) is 23.8 Å². The second-order valence-electron chi connectivity index (χ2n) is 16.8. The summed E-state index contributed by atoms with van der Waals surface area (Å²) in [5.41, 5.74) is -2.48. The Morgan fingerprint density at radius 2 is 1.55 bits per heavy atom. The largest absolute Gasteiger partial charge is 0.501 e. The lowest BCUT2D eigenvalue weighted by Gasteiger charge is -2.39. The van der Waals surface area contributed by atoms with Crippen molar-refractivity contribution in [1.29, 1.82) is 0 Å². The van der Waals surface area contributed by atoms with Gasteiger partial charge < -0.3 is 10.1 Å². The molecule has 1 unspecified atom stereocenters. The molecule has 66 heavy (non-hydrogen) atoms. The molecule has 4 heterocycles. The number of halogens is 4. The predicted molar refractivity (Wildman–Crippen MR) is 252 cm³/mol. The topological polar surface area (TPSA) is 142 Å². The van der Waals surface area contributed by atoms with E-state index in [1.807, 2.05) is 60.7 Å². The second-order valence-corrected chi connectivity index (χ2v) is 21.9. The summed E-state index contributed by atoms with van der Waals surface area (Å²) >= 11 is 7.63. The molecule has 3 aliphatic heterocycles. The Balaban J connectivity index is 0.947. The first kappa shape index (κ1) is 48.3. The average molecular weight is 988 g/mol. The van der Waals surface area contributed by atoms with Gasteiger partial charge >= 0.3 is 5.51 Å². The van der Waals surface area contributed by atoms with Crippen molar-refractivity contribution in [2.75, 3.05) is 74.8 Å². The number of anilines is 2. The Morgan fingerprint density at radius 1 is 0.818 bits per heavy atom. The number of morpholine rings is 1. The molecule has 0 bridgehead atoms. The molecule has 0 amide bonds. The predicted octanol–water partition coefficient (Wildman–Crippen LogP) is 7.90. The fourth-order valence-corrected chi connectivity index (χ4v) is 12.0. The highest BCUT2D eigenvalue weighted by Gasteiger charge is 2.48. The van der Waals surface area contributed by atoms with Crippen LogP contribution in [-0.2, 0) is 44.1 Å². The van der Waals surface area contributed by atoms with Gasteiger partial charge in [0.1, 0.15) is 10.7 Å². The Kier molecular flexibility index (Phi) is 15.6. The number of nitrogens with one attached hydrogen (secondary N) is 2. The number of sulfone groups is 1. The highest BCUT2D eigenvalue weighted by atomic mass is 35.5. The van der Waals surface area contributed by atoms with Crippen LogP contribution in [0.4, 0.5) is 24.8 Å². The molecule has 354 valence electrons. The molecule has 20 heteroatoms. The quantitative estimate of drug-likeness (QED) is 0.0929. The van der Waals surface area contributed by atoms with Crippen LogP contribution in [0.3, 0.4) is 0 Å². The van der Waals surface area contributed by atoms with Crippen LogP contribution in [0, 0.1) is 0 Å². The molecule has 0 radical (unpaired) electrons. The Labute approximate surface area is 394 Å². The van der Waals surface area contributed by atoms with E-state index in [0.29, 0.717) is 87.5 Å². The van der Waals surface area contributed by atoms with Crippen LogP contribution < -0.4 is 10.0 Å². The van der Waals surface area contributed by atoms with Crippen LogP contribution in [0.5, 0.6) is 0 Å². The first-order valence-electron chi connectivity index (χ1n) is 22.2. The molecule has 3 aliphatic rings. The van der Waals surface area contributed by atoms with Crippen molar-refractivity contribution in [3.63, 3.8) is 0 Å². The number of alkyl halides is 3. The number of aryl methyl sites for hydroxylation is 1. The maximum absolute atomic E-state index is 14.3. The second kappa shape index (κ2) is 21.4. The molecule has 2 fully saturated rings. The van der Waals surface area contributed by atoms with Crippen LogP contribution >= 0.6 is 23.4 Å². The molecule has 1 aromatic heterocycles. The van der Waals surface area contributed by atoms with Gasteiger partial charge in [-0.2, -0.15) is 13.2 Å². The van der Waals surface area contributed by atoms with Crippen molar-refractivity contribution in [3.05, 3.63) is 113 Å². The lowest BCUT2D eigenvalue weighted by Crippen LogP contribution is -2.46. The third kappa shape index (κ3) is 11.9. The molecular formula is C46H54ClF3N8O5S3. The number of rotatable bonds is 16. The number of fused-ring (bicyclic) bond motifs is 1. The first-order valence-corrected chi connectivity index (χ1v) is 26.5. The van der Waals surface area contributed by atoms with Gasteiger partial charge in [-0.15, -0.1) is 22.0 Å². The summed E-state index contributed by atoms with van der Waals surface area (Å²) in [6.07, 6.45) is 3.71. The molecule has 0 spiro atoms. The van der Waals surface area contributed by atoms with Crippen LogP contribution in [0.15, 0.2) is 112 Å². The normalized spacial score (nSPS) is 18.0. The SMILES string of the molecule is O=S(=O)(Nc1nnc2n1CCN(C1CCN(Cc3ccccc3-c3ccc(Cl)cc3)CC1)CCC2)c1ccc(NC(CCN2CCOCC2)CSc2ccccc2)c(S(=O)(=O)C(F)(F)F)c1. The van der Waals surface area contributed by atoms with Gasteiger partial charge in [0, 0.05) is 73.4 Å². The van der Waals surface area contributed by atoms with E-state index in [9.17, 15) is 30.0 Å². The van der Waals surface area contributed by atoms with Gasteiger partial charge in [0.15, 0.2) is 0 Å². The maximum atomic E-state index is 14.3. The van der Waals surface area contributed by atoms with E-state index in [1.165, 1.54) is 22.9 Å². The zero-order chi connectivity index (χ0) is 46.3. The summed E-state index contributed by atoms with van der Waals surface area (Å²) in [5, 5.41) is 12.2. The van der Waals surface area contributed by atoms with Crippen molar-refractivity contribution in [2.24, 2.45) is 0 Å². The van der Waals surface area contributed by atoms with Gasteiger partial charge in [-0.3, -0.25) is 19.3 Å². The maximum Gasteiger partial charge on any atom is 0.501 e. The highest BCUT2D eigenvalue weighted by molar-refractivity contribution is 7.99. The fourth-order valence-electron chi connectivity index (χ4n) is 8.84. The highest BCUT2D eigenvalue weighted by Crippen LogP contribution is 2.37. The van der Waals surface area contributed by atoms with E-state index in [2.05, 4.69) is 53.1 Å². The molecule has 4 aromatic carbocycles. The van der Waals surface area contributed by atoms with E-state index in [1.54, 1.807) is 4.57 Å². The van der Waals surface area contributed by atoms with E-state index < -0.39 is 41.2 Å². The van der Waals surface area contributed by atoms with Crippen molar-refractivity contribution in [2.45, 2.75) is 77.5 Å². The summed E-state index contributed by atoms with van der Waals surface area (Å²) in [5.74, 6) is 0.888. The average Bonchev–Trinajstić information content (AvgIpc) is 3.66. The van der Waals surface area contributed by atoms with Gasteiger partial charge in [-0.05, 0) is 104 Å². The third-order valence-electron chi connectivity index (χ3n) is 12.5. The molecule has 0 saturated carbocycles. The summed E-state index contributed by atoms with van der Waals surface area (Å²) in [4.78, 5) is 6.19. The Hall–Kier alpha value is -4.21. The van der Waals surface area contributed by atoms with E-state index >= 15 is 0 Å². The van der Waals surface area contributed by atoms with Gasteiger partial charge in [-0.25, -0.2) is 21.6 Å². The number of likely N-dealkylation sites (tertiary alicyclic amines) is 1. The zero-order valence-corrected chi connectivity index (χ0v) is 39.6. The minimum absolute atomic E-state index is 0.0930. The number of benzene rings is 4. The van der Waals surface area contributed by atoms with Crippen LogP contribution in [-0.4, -0.2) is 129 Å². The smallest absolute Gasteiger partial charge is 0.380 e. The molecular weight excluding hydrogens is 933 g/mol. The number of sulfonamides is 1. The van der Waals surface area contributed by atoms with Gasteiger partial charge in [0.2, 0.25) is 5.95 Å². The Morgan fingerprint density at radius 3 is 2.29 bits per heavy atom.